The van der Waals surface area contributed by atoms with E-state index in [-0.39, 0.29) is 20.1 Å². The van der Waals surface area contributed by atoms with E-state index in [2.05, 4.69) is 25.9 Å². The van der Waals surface area contributed by atoms with Gasteiger partial charge in [0.15, 0.2) is 0 Å². The lowest BCUT2D eigenvalue weighted by atomic mass is 10.3. The first-order valence-corrected chi connectivity index (χ1v) is 8.99. The van der Waals surface area contributed by atoms with Gasteiger partial charge in [0.2, 0.25) is 4.61 Å². The van der Waals surface area contributed by atoms with Gasteiger partial charge in [-0.05, 0) is 19.1 Å². The molecule has 1 unspecified atom stereocenters. The number of nitrogens with zero attached hydrogens (tertiary/aromatic N) is 3. The second-order valence-electron chi connectivity index (χ2n) is 5.42. The summed E-state index contributed by atoms with van der Waals surface area (Å²) in [5, 5.41) is -0.384. The quantitative estimate of drug-likeness (QED) is 0.606. The number of allylic oxidation sites excluding steroid dienone is 1. The Morgan fingerprint density at radius 3 is 2.50 bits per heavy atom. The molecule has 0 saturated heterocycles. The average Bonchev–Trinajstić information content (AvgIpc) is 2.75. The van der Waals surface area contributed by atoms with Crippen LogP contribution in [0.4, 0.5) is 14.5 Å². The Morgan fingerprint density at radius 1 is 1.25 bits per heavy atom. The van der Waals surface area contributed by atoms with E-state index in [0.29, 0.717) is 0 Å². The van der Waals surface area contributed by atoms with Crippen molar-refractivity contribution >= 4 is 43.8 Å². The molecule has 2 heterocycles. The van der Waals surface area contributed by atoms with E-state index in [9.17, 15) is 17.2 Å². The monoisotopic (exact) mass is 417 g/mol. The predicted molar refractivity (Wildman–Crippen MR) is 90.7 cm³/mol. The molecule has 6 nitrogen and oxygen atoms in total. The minimum Gasteiger partial charge on any atom is -0.272 e. The first kappa shape index (κ1) is 16.9. The molecule has 2 aliphatic heterocycles. The lowest BCUT2D eigenvalue weighted by Gasteiger charge is -2.25. The number of fused-ring (bicyclic) bond motifs is 1. The number of aliphatic imine (C=N–C) groups is 2. The lowest BCUT2D eigenvalue weighted by Crippen LogP contribution is -2.40. The van der Waals surface area contributed by atoms with Gasteiger partial charge in [-0.25, -0.2) is 8.78 Å². The van der Waals surface area contributed by atoms with Gasteiger partial charge in [0, 0.05) is 27.7 Å². The normalized spacial score (nSPS) is 23.0. The van der Waals surface area contributed by atoms with Crippen molar-refractivity contribution < 1.29 is 21.7 Å². The molecule has 1 aromatic carbocycles. The van der Waals surface area contributed by atoms with Crippen molar-refractivity contribution in [3.05, 3.63) is 51.2 Å². The molecule has 0 radical (unpaired) electrons. The zero-order valence-electron chi connectivity index (χ0n) is 12.6. The van der Waals surface area contributed by atoms with Crippen molar-refractivity contribution in [2.45, 2.75) is 6.92 Å². The van der Waals surface area contributed by atoms with Crippen LogP contribution in [-0.2, 0) is 10.0 Å². The van der Waals surface area contributed by atoms with Crippen molar-refractivity contribution in [1.82, 2.24) is 0 Å². The minimum atomic E-state index is -4.32. The van der Waals surface area contributed by atoms with Crippen LogP contribution in [0.25, 0.3) is 0 Å². The summed E-state index contributed by atoms with van der Waals surface area (Å²) in [6, 6.07) is 3.05. The van der Waals surface area contributed by atoms with Crippen LogP contribution in [0.5, 0.6) is 0 Å². The smallest absolute Gasteiger partial charge is 0.272 e. The Balaban J connectivity index is 2.07. The maximum absolute atomic E-state index is 13.7. The number of rotatable bonds is 3. The van der Waals surface area contributed by atoms with Gasteiger partial charge in [0.1, 0.15) is 23.5 Å². The van der Waals surface area contributed by atoms with Crippen LogP contribution in [0.1, 0.15) is 6.92 Å². The van der Waals surface area contributed by atoms with E-state index in [0.717, 1.165) is 23.8 Å². The summed E-state index contributed by atoms with van der Waals surface area (Å²) < 4.78 is 54.6. The SMILES string of the molecule is CC1=C[N+]2(C)C(=NC(S(=O)(=O)Nc3c(F)cccc3F)=C2Br)N=C1. The van der Waals surface area contributed by atoms with Crippen LogP contribution >= 0.6 is 15.9 Å². The van der Waals surface area contributed by atoms with E-state index < -0.39 is 27.3 Å². The van der Waals surface area contributed by atoms with Crippen LogP contribution in [0.15, 0.2) is 49.6 Å². The summed E-state index contributed by atoms with van der Waals surface area (Å²) in [7, 11) is -2.64. The number of para-hydroxylation sites is 1. The van der Waals surface area contributed by atoms with Crippen molar-refractivity contribution in [2.75, 3.05) is 11.8 Å². The molecular weight excluding hydrogens is 406 g/mol. The maximum Gasteiger partial charge on any atom is 0.340 e. The van der Waals surface area contributed by atoms with Crippen LogP contribution in [-0.4, -0.2) is 32.1 Å². The number of hydrogen-bond donors (Lipinski definition) is 1. The molecule has 0 saturated carbocycles. The Morgan fingerprint density at radius 2 is 1.88 bits per heavy atom. The summed E-state index contributed by atoms with van der Waals surface area (Å²) >= 11 is 3.23. The number of anilines is 1. The number of guanidine groups is 1. The molecular formula is C14H12BrF2N4O2S+. The van der Waals surface area contributed by atoms with Crippen molar-refractivity contribution in [3.63, 3.8) is 0 Å². The van der Waals surface area contributed by atoms with Gasteiger partial charge in [0.25, 0.3) is 15.1 Å². The van der Waals surface area contributed by atoms with Crippen LogP contribution in [0.2, 0.25) is 0 Å². The molecule has 1 atom stereocenters. The van der Waals surface area contributed by atoms with E-state index in [1.807, 2.05) is 11.6 Å². The number of quaternary nitrogens is 1. The van der Waals surface area contributed by atoms with Gasteiger partial charge in [-0.2, -0.15) is 22.9 Å². The number of nitrogens with one attached hydrogen (secondary N) is 1. The molecule has 0 fully saturated rings. The number of sulfonamides is 1. The largest absolute Gasteiger partial charge is 0.340 e. The van der Waals surface area contributed by atoms with Crippen LogP contribution in [0, 0.1) is 11.6 Å². The minimum absolute atomic E-state index is 0.0850. The van der Waals surface area contributed by atoms with E-state index in [1.165, 1.54) is 0 Å². The molecule has 10 heteroatoms. The summed E-state index contributed by atoms with van der Waals surface area (Å²) in [5.41, 5.74) is 0.0633. The Labute approximate surface area is 145 Å². The Kier molecular flexibility index (Phi) is 3.93. The molecule has 0 bridgehead atoms. The van der Waals surface area contributed by atoms with Gasteiger partial charge >= 0.3 is 5.96 Å². The maximum atomic E-state index is 13.7. The topological polar surface area (TPSA) is 70.9 Å². The molecule has 2 aliphatic rings. The van der Waals surface area contributed by atoms with Gasteiger partial charge in [-0.1, -0.05) is 6.07 Å². The molecule has 3 rings (SSSR count). The Hall–Kier alpha value is -1.91. The van der Waals surface area contributed by atoms with Crippen molar-refractivity contribution in [2.24, 2.45) is 9.98 Å². The number of benzene rings is 1. The van der Waals surface area contributed by atoms with Crippen LogP contribution in [0.3, 0.4) is 0 Å². The molecule has 0 aromatic heterocycles. The van der Waals surface area contributed by atoms with Crippen molar-refractivity contribution in [3.8, 4) is 0 Å². The predicted octanol–water partition coefficient (Wildman–Crippen LogP) is 3.03. The fraction of sp³-hybridized carbons (Fsp3) is 0.143. The molecule has 126 valence electrons. The van der Waals surface area contributed by atoms with Crippen LogP contribution < -0.4 is 4.72 Å². The zero-order chi connectivity index (χ0) is 17.7. The van der Waals surface area contributed by atoms with E-state index in [4.69, 9.17) is 0 Å². The van der Waals surface area contributed by atoms with Gasteiger partial charge in [-0.3, -0.25) is 4.72 Å². The third kappa shape index (κ3) is 2.60. The van der Waals surface area contributed by atoms with Gasteiger partial charge < -0.3 is 0 Å². The Bertz CT molecular complexity index is 949. The highest BCUT2D eigenvalue weighted by atomic mass is 79.9. The lowest BCUT2D eigenvalue weighted by molar-refractivity contribution is -0.711. The molecule has 0 spiro atoms. The zero-order valence-corrected chi connectivity index (χ0v) is 15.0. The third-order valence-corrected chi connectivity index (χ3v) is 6.14. The summed E-state index contributed by atoms with van der Waals surface area (Å²) in [5.74, 6) is -1.82. The van der Waals surface area contributed by atoms with Gasteiger partial charge in [0.05, 0.1) is 7.05 Å². The summed E-state index contributed by atoms with van der Waals surface area (Å²) in [6.07, 6.45) is 3.31. The molecule has 1 N–H and O–H groups in total. The van der Waals surface area contributed by atoms with Gasteiger partial charge in [-0.15, -0.1) is 0 Å². The van der Waals surface area contributed by atoms with Crippen molar-refractivity contribution in [1.29, 1.82) is 0 Å². The average molecular weight is 418 g/mol. The second-order valence-corrected chi connectivity index (χ2v) is 7.77. The highest BCUT2D eigenvalue weighted by Crippen LogP contribution is 2.38. The molecule has 0 amide bonds. The molecule has 24 heavy (non-hydrogen) atoms. The summed E-state index contributed by atoms with van der Waals surface area (Å²) in [4.78, 5) is 8.13. The number of hydrogen-bond acceptors (Lipinski definition) is 4. The number of halogens is 3. The highest BCUT2D eigenvalue weighted by molar-refractivity contribution is 9.11. The standard InChI is InChI=1S/C14H12BrF2N4O2S/c1-8-6-18-14-19-13(12(15)21(14,2)7-8)24(22,23)20-11-9(16)4-3-5-10(11)17/h3-7,20H,1-2H3/q+1. The first-order valence-electron chi connectivity index (χ1n) is 6.71. The second kappa shape index (κ2) is 5.57. The molecule has 1 aromatic rings. The highest BCUT2D eigenvalue weighted by Gasteiger charge is 2.46. The molecule has 0 aliphatic carbocycles. The van der Waals surface area contributed by atoms with E-state index in [1.54, 1.807) is 19.5 Å². The summed E-state index contributed by atoms with van der Waals surface area (Å²) in [6.45, 7) is 1.81. The third-order valence-electron chi connectivity index (χ3n) is 3.50. The first-order chi connectivity index (χ1) is 11.1. The fourth-order valence-corrected chi connectivity index (χ4v) is 4.50. The fourth-order valence-electron chi connectivity index (χ4n) is 2.34. The van der Waals surface area contributed by atoms with E-state index >= 15 is 0 Å².